The lowest BCUT2D eigenvalue weighted by Gasteiger charge is -2.21. The largest absolute Gasteiger partial charge is 0.327 e. The van der Waals surface area contributed by atoms with Crippen molar-refractivity contribution in [2.45, 2.75) is 45.6 Å². The number of fused-ring (bicyclic) bond motifs is 1. The Morgan fingerprint density at radius 1 is 1.06 bits per heavy atom. The summed E-state index contributed by atoms with van der Waals surface area (Å²) in [5, 5.41) is 0. The molecule has 2 fully saturated rings. The summed E-state index contributed by atoms with van der Waals surface area (Å²) in [6.07, 6.45) is 5.35. The Labute approximate surface area is 104 Å². The van der Waals surface area contributed by atoms with Gasteiger partial charge in [0.2, 0.25) is 0 Å². The standard InChI is InChI=1S/C16H23N/c1-10-3-11(2)5-12(4-10)6-16(17)15-8-13-7-14(13)9-15/h3-5,13-16H,6-9,17H2,1-2H3. The molecule has 3 atom stereocenters. The Morgan fingerprint density at radius 3 is 2.24 bits per heavy atom. The van der Waals surface area contributed by atoms with Crippen LogP contribution in [0.1, 0.15) is 36.0 Å². The molecule has 2 saturated carbocycles. The van der Waals surface area contributed by atoms with Crippen LogP contribution in [-0.2, 0) is 6.42 Å². The molecule has 92 valence electrons. The molecule has 0 spiro atoms. The molecule has 0 radical (unpaired) electrons. The van der Waals surface area contributed by atoms with Crippen molar-refractivity contribution >= 4 is 0 Å². The van der Waals surface area contributed by atoms with Gasteiger partial charge in [0.1, 0.15) is 0 Å². The molecule has 2 aliphatic rings. The van der Waals surface area contributed by atoms with Crippen LogP contribution in [0.3, 0.4) is 0 Å². The van der Waals surface area contributed by atoms with Crippen molar-refractivity contribution in [3.8, 4) is 0 Å². The lowest BCUT2D eigenvalue weighted by Crippen LogP contribution is -2.31. The molecule has 2 N–H and O–H groups in total. The third kappa shape index (κ3) is 2.40. The summed E-state index contributed by atoms with van der Waals surface area (Å²) in [7, 11) is 0. The highest BCUT2D eigenvalue weighted by molar-refractivity contribution is 5.29. The van der Waals surface area contributed by atoms with Crippen molar-refractivity contribution in [3.63, 3.8) is 0 Å². The highest BCUT2D eigenvalue weighted by Gasteiger charge is 2.47. The second-order valence-electron chi connectivity index (χ2n) is 6.35. The molecule has 0 bridgehead atoms. The first kappa shape index (κ1) is 11.3. The lowest BCUT2D eigenvalue weighted by atomic mass is 9.89. The summed E-state index contributed by atoms with van der Waals surface area (Å²) in [6.45, 7) is 4.35. The first-order valence-electron chi connectivity index (χ1n) is 6.94. The molecule has 0 aromatic heterocycles. The highest BCUT2D eigenvalue weighted by Crippen LogP contribution is 2.55. The maximum Gasteiger partial charge on any atom is 0.0108 e. The minimum Gasteiger partial charge on any atom is -0.327 e. The number of hydrogen-bond acceptors (Lipinski definition) is 1. The quantitative estimate of drug-likeness (QED) is 0.846. The van der Waals surface area contributed by atoms with Gasteiger partial charge in [-0.25, -0.2) is 0 Å². The van der Waals surface area contributed by atoms with Gasteiger partial charge in [-0.1, -0.05) is 29.3 Å². The van der Waals surface area contributed by atoms with Crippen molar-refractivity contribution in [2.24, 2.45) is 23.5 Å². The molecule has 1 heteroatoms. The number of rotatable bonds is 3. The topological polar surface area (TPSA) is 26.0 Å². The van der Waals surface area contributed by atoms with Gasteiger partial charge in [-0.3, -0.25) is 0 Å². The Kier molecular flexibility index (Phi) is 2.74. The van der Waals surface area contributed by atoms with Crippen LogP contribution in [0, 0.1) is 31.6 Å². The SMILES string of the molecule is Cc1cc(C)cc(CC(N)C2CC3CC3C2)c1. The Bertz CT molecular complexity index is 393. The maximum absolute atomic E-state index is 6.39. The zero-order valence-electron chi connectivity index (χ0n) is 10.9. The van der Waals surface area contributed by atoms with Crippen molar-refractivity contribution in [2.75, 3.05) is 0 Å². The molecule has 0 amide bonds. The average Bonchev–Trinajstić information content (AvgIpc) is 2.84. The summed E-state index contributed by atoms with van der Waals surface area (Å²) in [5.74, 6) is 2.88. The highest BCUT2D eigenvalue weighted by atomic mass is 14.7. The van der Waals surface area contributed by atoms with E-state index >= 15 is 0 Å². The van der Waals surface area contributed by atoms with Gasteiger partial charge in [0, 0.05) is 6.04 Å². The van der Waals surface area contributed by atoms with Crippen LogP contribution in [-0.4, -0.2) is 6.04 Å². The van der Waals surface area contributed by atoms with Crippen molar-refractivity contribution in [3.05, 3.63) is 34.9 Å². The van der Waals surface area contributed by atoms with Gasteiger partial charge in [-0.05, 0) is 62.8 Å². The zero-order valence-corrected chi connectivity index (χ0v) is 10.9. The van der Waals surface area contributed by atoms with Crippen molar-refractivity contribution in [1.82, 2.24) is 0 Å². The van der Waals surface area contributed by atoms with Crippen LogP contribution in [0.15, 0.2) is 18.2 Å². The Hall–Kier alpha value is -0.820. The third-order valence-electron chi connectivity index (χ3n) is 4.64. The second-order valence-corrected chi connectivity index (χ2v) is 6.35. The second kappa shape index (κ2) is 4.13. The fourth-order valence-corrected chi connectivity index (χ4v) is 3.74. The van der Waals surface area contributed by atoms with Crippen LogP contribution in [0.25, 0.3) is 0 Å². The van der Waals surface area contributed by atoms with Crippen molar-refractivity contribution in [1.29, 1.82) is 0 Å². The lowest BCUT2D eigenvalue weighted by molar-refractivity contribution is 0.392. The van der Waals surface area contributed by atoms with E-state index in [4.69, 9.17) is 5.73 Å². The predicted octanol–water partition coefficient (Wildman–Crippen LogP) is 3.22. The molecule has 1 aromatic rings. The van der Waals surface area contributed by atoms with Crippen LogP contribution in [0.2, 0.25) is 0 Å². The van der Waals surface area contributed by atoms with E-state index in [0.717, 1.165) is 24.2 Å². The predicted molar refractivity (Wildman–Crippen MR) is 71.9 cm³/mol. The summed E-state index contributed by atoms with van der Waals surface area (Å²) >= 11 is 0. The zero-order chi connectivity index (χ0) is 12.0. The van der Waals surface area contributed by atoms with Crippen LogP contribution in [0.5, 0.6) is 0 Å². The molecule has 17 heavy (non-hydrogen) atoms. The van der Waals surface area contributed by atoms with Crippen LogP contribution >= 0.6 is 0 Å². The fourth-order valence-electron chi connectivity index (χ4n) is 3.74. The Balaban J connectivity index is 1.65. The van der Waals surface area contributed by atoms with Gasteiger partial charge in [0.25, 0.3) is 0 Å². The third-order valence-corrected chi connectivity index (χ3v) is 4.64. The van der Waals surface area contributed by atoms with Crippen molar-refractivity contribution < 1.29 is 0 Å². The molecule has 3 rings (SSSR count). The molecule has 0 heterocycles. The molecule has 3 unspecified atom stereocenters. The van der Waals surface area contributed by atoms with E-state index in [1.165, 1.54) is 36.0 Å². The van der Waals surface area contributed by atoms with Gasteiger partial charge in [-0.2, -0.15) is 0 Å². The van der Waals surface area contributed by atoms with E-state index in [2.05, 4.69) is 32.0 Å². The number of aryl methyl sites for hydroxylation is 2. The molecular formula is C16H23N. The smallest absolute Gasteiger partial charge is 0.0108 e. The molecule has 0 saturated heterocycles. The molecular weight excluding hydrogens is 206 g/mol. The van der Waals surface area contributed by atoms with Gasteiger partial charge < -0.3 is 5.73 Å². The number of hydrogen-bond donors (Lipinski definition) is 1. The molecule has 2 aliphatic carbocycles. The molecule has 0 aliphatic heterocycles. The normalized spacial score (nSPS) is 32.3. The average molecular weight is 229 g/mol. The minimum atomic E-state index is 0.379. The van der Waals surface area contributed by atoms with E-state index in [-0.39, 0.29) is 0 Å². The van der Waals surface area contributed by atoms with Crippen LogP contribution in [0.4, 0.5) is 0 Å². The van der Waals surface area contributed by atoms with Gasteiger partial charge in [0.15, 0.2) is 0 Å². The van der Waals surface area contributed by atoms with Gasteiger partial charge in [0.05, 0.1) is 0 Å². The van der Waals surface area contributed by atoms with E-state index in [0.29, 0.717) is 6.04 Å². The monoisotopic (exact) mass is 229 g/mol. The van der Waals surface area contributed by atoms with E-state index in [9.17, 15) is 0 Å². The summed E-state index contributed by atoms with van der Waals surface area (Å²) in [4.78, 5) is 0. The van der Waals surface area contributed by atoms with E-state index in [1.54, 1.807) is 0 Å². The summed E-state index contributed by atoms with van der Waals surface area (Å²) in [5.41, 5.74) is 10.5. The van der Waals surface area contributed by atoms with Gasteiger partial charge >= 0.3 is 0 Å². The van der Waals surface area contributed by atoms with Gasteiger partial charge in [-0.15, -0.1) is 0 Å². The number of benzene rings is 1. The fraction of sp³-hybridized carbons (Fsp3) is 0.625. The first-order chi connectivity index (χ1) is 8.11. The minimum absolute atomic E-state index is 0.379. The molecule has 1 nitrogen and oxygen atoms in total. The summed E-state index contributed by atoms with van der Waals surface area (Å²) in [6, 6.07) is 7.20. The van der Waals surface area contributed by atoms with E-state index < -0.39 is 0 Å². The van der Waals surface area contributed by atoms with Crippen LogP contribution < -0.4 is 5.73 Å². The van der Waals surface area contributed by atoms with E-state index in [1.807, 2.05) is 0 Å². The number of nitrogens with two attached hydrogens (primary N) is 1. The first-order valence-corrected chi connectivity index (χ1v) is 6.94. The summed E-state index contributed by atoms with van der Waals surface area (Å²) < 4.78 is 0. The Morgan fingerprint density at radius 2 is 1.65 bits per heavy atom. The molecule has 1 aromatic carbocycles. The maximum atomic E-state index is 6.39.